The van der Waals surface area contributed by atoms with Gasteiger partial charge in [-0.25, -0.2) is 4.79 Å². The molecule has 0 aliphatic heterocycles. The molecule has 0 bridgehead atoms. The van der Waals surface area contributed by atoms with E-state index in [0.717, 1.165) is 0 Å². The van der Waals surface area contributed by atoms with Crippen LogP contribution in [-0.4, -0.2) is 24.9 Å². The predicted octanol–water partition coefficient (Wildman–Crippen LogP) is 2.25. The highest BCUT2D eigenvalue weighted by Crippen LogP contribution is 2.22. The van der Waals surface area contributed by atoms with Gasteiger partial charge in [0, 0.05) is 25.3 Å². The molecule has 1 atom stereocenters. The van der Waals surface area contributed by atoms with E-state index in [-0.39, 0.29) is 5.91 Å². The van der Waals surface area contributed by atoms with Crippen molar-refractivity contribution in [3.63, 3.8) is 0 Å². The number of urea groups is 1. The number of anilines is 2. The van der Waals surface area contributed by atoms with E-state index >= 15 is 0 Å². The summed E-state index contributed by atoms with van der Waals surface area (Å²) in [5.74, 6) is -0.676. The first-order valence-electron chi connectivity index (χ1n) is 7.71. The number of rotatable bonds is 5. The van der Waals surface area contributed by atoms with Gasteiger partial charge in [0.25, 0.3) is 5.91 Å². The third-order valence-corrected chi connectivity index (χ3v) is 3.35. The first-order chi connectivity index (χ1) is 12.0. The molecule has 2 rings (SSSR count). The Morgan fingerprint density at radius 3 is 2.24 bits per heavy atom. The summed E-state index contributed by atoms with van der Waals surface area (Å²) in [5, 5.41) is 10.4. The van der Waals surface area contributed by atoms with Crippen molar-refractivity contribution in [1.29, 1.82) is 0 Å². The summed E-state index contributed by atoms with van der Waals surface area (Å²) in [6.07, 6.45) is 0. The van der Waals surface area contributed by atoms with Crippen LogP contribution in [0.3, 0.4) is 0 Å². The highest BCUT2D eigenvalue weighted by molar-refractivity contribution is 5.98. The van der Waals surface area contributed by atoms with Gasteiger partial charge in [-0.1, -0.05) is 36.4 Å². The quantitative estimate of drug-likeness (QED) is 0.671. The second-order valence-electron chi connectivity index (χ2n) is 5.32. The molecular weight excluding hydrogens is 320 g/mol. The average Bonchev–Trinajstić information content (AvgIpc) is 2.60. The molecule has 0 unspecified atom stereocenters. The topological polar surface area (TPSA) is 99.3 Å². The molecule has 2 aromatic rings. The third kappa shape index (κ3) is 5.35. The summed E-state index contributed by atoms with van der Waals surface area (Å²) in [6.45, 7) is 1.42. The zero-order valence-electron chi connectivity index (χ0n) is 14.0. The molecule has 0 aliphatic carbocycles. The SMILES string of the molecule is CNC(=O)NC(=O)[C@H](Nc1cccc(NC(C)=O)c1)c1ccccc1. The summed E-state index contributed by atoms with van der Waals surface area (Å²) in [4.78, 5) is 35.1. The summed E-state index contributed by atoms with van der Waals surface area (Å²) in [5.41, 5.74) is 1.94. The van der Waals surface area contributed by atoms with E-state index in [1.807, 2.05) is 18.2 Å². The highest BCUT2D eigenvalue weighted by atomic mass is 16.2. The fraction of sp³-hybridized carbons (Fsp3) is 0.167. The lowest BCUT2D eigenvalue weighted by atomic mass is 10.1. The molecule has 130 valence electrons. The molecule has 4 N–H and O–H groups in total. The van der Waals surface area contributed by atoms with E-state index in [2.05, 4.69) is 21.3 Å². The standard InChI is InChI=1S/C18H20N4O3/c1-12(23)20-14-9-6-10-15(11-14)21-16(13-7-4-3-5-8-13)17(24)22-18(25)19-2/h3-11,16,21H,1-2H3,(H,20,23)(H2,19,22,24,25)/t16-/m1/s1. The highest BCUT2D eigenvalue weighted by Gasteiger charge is 2.22. The lowest BCUT2D eigenvalue weighted by Gasteiger charge is -2.20. The van der Waals surface area contributed by atoms with Gasteiger partial charge in [-0.2, -0.15) is 0 Å². The van der Waals surface area contributed by atoms with Gasteiger partial charge in [-0.15, -0.1) is 0 Å². The number of benzene rings is 2. The van der Waals surface area contributed by atoms with Crippen LogP contribution < -0.4 is 21.3 Å². The van der Waals surface area contributed by atoms with E-state index in [1.165, 1.54) is 14.0 Å². The van der Waals surface area contributed by atoms with Gasteiger partial charge < -0.3 is 16.0 Å². The van der Waals surface area contributed by atoms with Crippen LogP contribution in [0.25, 0.3) is 0 Å². The maximum absolute atomic E-state index is 12.5. The van der Waals surface area contributed by atoms with E-state index < -0.39 is 18.0 Å². The Kier molecular flexibility index (Phi) is 6.11. The molecule has 0 saturated carbocycles. The first kappa shape index (κ1) is 18.0. The monoisotopic (exact) mass is 340 g/mol. The molecule has 2 aromatic carbocycles. The van der Waals surface area contributed by atoms with E-state index in [4.69, 9.17) is 0 Å². The van der Waals surface area contributed by atoms with Crippen LogP contribution >= 0.6 is 0 Å². The van der Waals surface area contributed by atoms with Crippen LogP contribution in [0, 0.1) is 0 Å². The maximum Gasteiger partial charge on any atom is 0.321 e. The molecule has 0 aromatic heterocycles. The van der Waals surface area contributed by atoms with Crippen molar-refractivity contribution in [3.8, 4) is 0 Å². The van der Waals surface area contributed by atoms with Gasteiger partial charge in [0.15, 0.2) is 0 Å². The normalized spacial score (nSPS) is 11.1. The molecule has 0 fully saturated rings. The Morgan fingerprint density at radius 2 is 1.60 bits per heavy atom. The largest absolute Gasteiger partial charge is 0.370 e. The number of carbonyl (C=O) groups is 3. The zero-order valence-corrected chi connectivity index (χ0v) is 14.0. The fourth-order valence-electron chi connectivity index (χ4n) is 2.25. The minimum Gasteiger partial charge on any atom is -0.370 e. The summed E-state index contributed by atoms with van der Waals surface area (Å²) < 4.78 is 0. The Hall–Kier alpha value is -3.35. The predicted molar refractivity (Wildman–Crippen MR) is 96.1 cm³/mol. The first-order valence-corrected chi connectivity index (χ1v) is 7.71. The lowest BCUT2D eigenvalue weighted by Crippen LogP contribution is -2.42. The van der Waals surface area contributed by atoms with Gasteiger partial charge in [-0.05, 0) is 23.8 Å². The molecule has 7 nitrogen and oxygen atoms in total. The van der Waals surface area contributed by atoms with Crippen LogP contribution in [-0.2, 0) is 9.59 Å². The van der Waals surface area contributed by atoms with Crippen molar-refractivity contribution in [2.75, 3.05) is 17.7 Å². The molecule has 0 heterocycles. The molecule has 7 heteroatoms. The van der Waals surface area contributed by atoms with Crippen LogP contribution in [0.5, 0.6) is 0 Å². The van der Waals surface area contributed by atoms with Crippen molar-refractivity contribution >= 4 is 29.2 Å². The maximum atomic E-state index is 12.5. The molecule has 0 radical (unpaired) electrons. The number of carbonyl (C=O) groups excluding carboxylic acids is 3. The van der Waals surface area contributed by atoms with Gasteiger partial charge in [-0.3, -0.25) is 14.9 Å². The minimum atomic E-state index is -0.772. The number of hydrogen-bond acceptors (Lipinski definition) is 4. The summed E-state index contributed by atoms with van der Waals surface area (Å²) >= 11 is 0. The fourth-order valence-corrected chi connectivity index (χ4v) is 2.25. The second-order valence-corrected chi connectivity index (χ2v) is 5.32. The van der Waals surface area contributed by atoms with E-state index in [0.29, 0.717) is 16.9 Å². The Morgan fingerprint density at radius 1 is 0.920 bits per heavy atom. The van der Waals surface area contributed by atoms with Crippen LogP contribution in [0.1, 0.15) is 18.5 Å². The van der Waals surface area contributed by atoms with Gasteiger partial charge in [0.1, 0.15) is 6.04 Å². The molecule has 0 spiro atoms. The Balaban J connectivity index is 2.25. The molecule has 25 heavy (non-hydrogen) atoms. The lowest BCUT2D eigenvalue weighted by molar-refractivity contribution is -0.121. The van der Waals surface area contributed by atoms with Crippen molar-refractivity contribution in [2.45, 2.75) is 13.0 Å². The Labute approximate surface area is 145 Å². The van der Waals surface area contributed by atoms with Gasteiger partial charge in [0.2, 0.25) is 5.91 Å². The van der Waals surface area contributed by atoms with Crippen LogP contribution in [0.2, 0.25) is 0 Å². The number of amides is 4. The molecular formula is C18H20N4O3. The van der Waals surface area contributed by atoms with E-state index in [9.17, 15) is 14.4 Å². The number of nitrogens with one attached hydrogen (secondary N) is 4. The van der Waals surface area contributed by atoms with Crippen molar-refractivity contribution < 1.29 is 14.4 Å². The smallest absolute Gasteiger partial charge is 0.321 e. The van der Waals surface area contributed by atoms with Crippen LogP contribution in [0.15, 0.2) is 54.6 Å². The van der Waals surface area contributed by atoms with Crippen molar-refractivity contribution in [1.82, 2.24) is 10.6 Å². The van der Waals surface area contributed by atoms with Gasteiger partial charge >= 0.3 is 6.03 Å². The van der Waals surface area contributed by atoms with Gasteiger partial charge in [0.05, 0.1) is 0 Å². The third-order valence-electron chi connectivity index (χ3n) is 3.35. The Bertz CT molecular complexity index is 762. The number of hydrogen-bond donors (Lipinski definition) is 4. The molecule has 0 aliphatic rings. The summed E-state index contributed by atoms with van der Waals surface area (Å²) in [6, 6.07) is 14.7. The van der Waals surface area contributed by atoms with Crippen molar-refractivity contribution in [3.05, 3.63) is 60.2 Å². The zero-order chi connectivity index (χ0) is 18.2. The van der Waals surface area contributed by atoms with E-state index in [1.54, 1.807) is 36.4 Å². The second kappa shape index (κ2) is 8.49. The summed E-state index contributed by atoms with van der Waals surface area (Å²) in [7, 11) is 1.43. The minimum absolute atomic E-state index is 0.186. The molecule has 0 saturated heterocycles. The number of imide groups is 1. The average molecular weight is 340 g/mol. The van der Waals surface area contributed by atoms with Crippen LogP contribution in [0.4, 0.5) is 16.2 Å². The molecule has 4 amide bonds. The van der Waals surface area contributed by atoms with Crippen molar-refractivity contribution in [2.24, 2.45) is 0 Å².